The standard InChI is InChI=1S/C12H21N5O3S/c1-7(2)21(19,20)17-5-9(10(6-17)12(18)13-4)11-14-8(3)15-16-11/h7,9-10H,5-6H2,1-4H3,(H,13,18)(H,14,15,16)/t9-,10-/m1/s1. The minimum Gasteiger partial charge on any atom is -0.359 e. The van der Waals surface area contributed by atoms with Crippen LogP contribution >= 0.6 is 0 Å². The summed E-state index contributed by atoms with van der Waals surface area (Å²) in [7, 11) is -1.85. The van der Waals surface area contributed by atoms with E-state index < -0.39 is 21.2 Å². The summed E-state index contributed by atoms with van der Waals surface area (Å²) < 4.78 is 26.0. The Hall–Kier alpha value is -1.48. The van der Waals surface area contributed by atoms with E-state index in [2.05, 4.69) is 20.5 Å². The number of sulfonamides is 1. The van der Waals surface area contributed by atoms with Crippen LogP contribution in [-0.2, 0) is 14.8 Å². The molecule has 1 aliphatic rings. The molecule has 9 heteroatoms. The molecule has 1 aromatic rings. The normalized spacial score (nSPS) is 23.7. The maximum Gasteiger partial charge on any atom is 0.224 e. The van der Waals surface area contributed by atoms with Crippen LogP contribution in [0, 0.1) is 12.8 Å². The second kappa shape index (κ2) is 5.72. The molecule has 2 heterocycles. The van der Waals surface area contributed by atoms with Crippen LogP contribution in [0.3, 0.4) is 0 Å². The van der Waals surface area contributed by atoms with Gasteiger partial charge in [0.2, 0.25) is 15.9 Å². The van der Waals surface area contributed by atoms with Gasteiger partial charge in [-0.3, -0.25) is 9.89 Å². The number of hydrogen-bond donors (Lipinski definition) is 2. The third-order valence-electron chi connectivity index (χ3n) is 3.77. The number of carbonyl (C=O) groups is 1. The first-order chi connectivity index (χ1) is 9.77. The van der Waals surface area contributed by atoms with Crippen LogP contribution in [0.1, 0.15) is 31.4 Å². The van der Waals surface area contributed by atoms with Crippen LogP contribution in [0.4, 0.5) is 0 Å². The van der Waals surface area contributed by atoms with E-state index in [0.29, 0.717) is 11.6 Å². The highest BCUT2D eigenvalue weighted by atomic mass is 32.2. The molecule has 0 bridgehead atoms. The van der Waals surface area contributed by atoms with Crippen molar-refractivity contribution in [3.05, 3.63) is 11.6 Å². The molecule has 0 aliphatic carbocycles. The van der Waals surface area contributed by atoms with E-state index in [4.69, 9.17) is 0 Å². The minimum atomic E-state index is -3.40. The van der Waals surface area contributed by atoms with Crippen molar-refractivity contribution in [3.8, 4) is 0 Å². The predicted molar refractivity (Wildman–Crippen MR) is 77.0 cm³/mol. The Morgan fingerprint density at radius 2 is 2.10 bits per heavy atom. The molecule has 1 amide bonds. The molecule has 2 N–H and O–H groups in total. The molecule has 1 saturated heterocycles. The zero-order valence-electron chi connectivity index (χ0n) is 12.6. The van der Waals surface area contributed by atoms with Crippen molar-refractivity contribution < 1.29 is 13.2 Å². The van der Waals surface area contributed by atoms with Crippen molar-refractivity contribution in [2.24, 2.45) is 5.92 Å². The Morgan fingerprint density at radius 3 is 2.57 bits per heavy atom. The summed E-state index contributed by atoms with van der Waals surface area (Å²) in [4.78, 5) is 16.3. The number of nitrogens with zero attached hydrogens (tertiary/aromatic N) is 3. The van der Waals surface area contributed by atoms with Crippen LogP contribution in [0.5, 0.6) is 0 Å². The first kappa shape index (κ1) is 15.9. The summed E-state index contributed by atoms with van der Waals surface area (Å²) >= 11 is 0. The van der Waals surface area contributed by atoms with Gasteiger partial charge in [-0.05, 0) is 20.8 Å². The topological polar surface area (TPSA) is 108 Å². The van der Waals surface area contributed by atoms with E-state index in [1.165, 1.54) is 4.31 Å². The number of aryl methyl sites for hydroxylation is 1. The summed E-state index contributed by atoms with van der Waals surface area (Å²) in [5.74, 6) is 0.138. The fraction of sp³-hybridized carbons (Fsp3) is 0.750. The van der Waals surface area contributed by atoms with Crippen molar-refractivity contribution in [1.82, 2.24) is 24.8 Å². The second-order valence-electron chi connectivity index (χ2n) is 5.52. The smallest absolute Gasteiger partial charge is 0.224 e. The molecule has 1 aromatic heterocycles. The molecule has 118 valence electrons. The SMILES string of the molecule is CNC(=O)[C@@H]1CN(S(=O)(=O)C(C)C)C[C@H]1c1n[nH]c(C)n1. The number of hydrogen-bond acceptors (Lipinski definition) is 5. The summed E-state index contributed by atoms with van der Waals surface area (Å²) in [6.45, 7) is 5.43. The number of H-pyrrole nitrogens is 1. The van der Waals surface area contributed by atoms with Gasteiger partial charge in [-0.15, -0.1) is 0 Å². The Labute approximate surface area is 124 Å². The number of carbonyl (C=O) groups excluding carboxylic acids is 1. The van der Waals surface area contributed by atoms with Gasteiger partial charge in [0.05, 0.1) is 11.2 Å². The highest BCUT2D eigenvalue weighted by Gasteiger charge is 2.45. The molecule has 0 radical (unpaired) electrons. The average molecular weight is 315 g/mol. The quantitative estimate of drug-likeness (QED) is 0.787. The predicted octanol–water partition coefficient (Wildman–Crippen LogP) is -0.387. The van der Waals surface area contributed by atoms with Crippen molar-refractivity contribution in [2.45, 2.75) is 31.9 Å². The van der Waals surface area contributed by atoms with Gasteiger partial charge in [0, 0.05) is 26.1 Å². The third kappa shape index (κ3) is 2.93. The molecule has 2 rings (SSSR count). The third-order valence-corrected chi connectivity index (χ3v) is 5.98. The first-order valence-corrected chi connectivity index (χ1v) is 8.37. The van der Waals surface area contributed by atoms with Crippen LogP contribution in [0.25, 0.3) is 0 Å². The zero-order chi connectivity index (χ0) is 15.8. The highest BCUT2D eigenvalue weighted by molar-refractivity contribution is 7.89. The van der Waals surface area contributed by atoms with Gasteiger partial charge in [0.25, 0.3) is 0 Å². The summed E-state index contributed by atoms with van der Waals surface area (Å²) in [5.41, 5.74) is 0. The molecule has 1 fully saturated rings. The monoisotopic (exact) mass is 315 g/mol. The van der Waals surface area contributed by atoms with Crippen LogP contribution in [0.15, 0.2) is 0 Å². The summed E-state index contributed by atoms with van der Waals surface area (Å²) in [5, 5.41) is 8.90. The fourth-order valence-corrected chi connectivity index (χ4v) is 3.85. The Bertz CT molecular complexity index is 625. The Kier molecular flexibility index (Phi) is 4.33. The highest BCUT2D eigenvalue weighted by Crippen LogP contribution is 2.33. The van der Waals surface area contributed by atoms with Gasteiger partial charge in [0.1, 0.15) is 5.82 Å². The number of aromatic nitrogens is 3. The Balaban J connectivity index is 2.32. The lowest BCUT2D eigenvalue weighted by Crippen LogP contribution is -2.36. The molecular weight excluding hydrogens is 294 g/mol. The molecule has 0 spiro atoms. The van der Waals surface area contributed by atoms with E-state index in [0.717, 1.165) is 0 Å². The molecule has 0 aromatic carbocycles. The summed E-state index contributed by atoms with van der Waals surface area (Å²) in [6.07, 6.45) is 0. The number of nitrogens with one attached hydrogen (secondary N) is 2. The van der Waals surface area contributed by atoms with E-state index in [1.54, 1.807) is 27.8 Å². The molecule has 2 atom stereocenters. The number of amides is 1. The van der Waals surface area contributed by atoms with Crippen molar-refractivity contribution in [1.29, 1.82) is 0 Å². The lowest BCUT2D eigenvalue weighted by atomic mass is 9.94. The van der Waals surface area contributed by atoms with Gasteiger partial charge in [-0.1, -0.05) is 0 Å². The van der Waals surface area contributed by atoms with Crippen LogP contribution in [0.2, 0.25) is 0 Å². The van der Waals surface area contributed by atoms with Gasteiger partial charge in [-0.2, -0.15) is 5.10 Å². The lowest BCUT2D eigenvalue weighted by Gasteiger charge is -2.18. The van der Waals surface area contributed by atoms with Crippen molar-refractivity contribution in [2.75, 3.05) is 20.1 Å². The van der Waals surface area contributed by atoms with E-state index in [9.17, 15) is 13.2 Å². The minimum absolute atomic E-state index is 0.165. The molecule has 0 saturated carbocycles. The van der Waals surface area contributed by atoms with Crippen LogP contribution in [-0.4, -0.2) is 59.2 Å². The molecule has 1 aliphatic heterocycles. The van der Waals surface area contributed by atoms with Gasteiger partial charge in [0.15, 0.2) is 5.82 Å². The van der Waals surface area contributed by atoms with Crippen molar-refractivity contribution in [3.63, 3.8) is 0 Å². The van der Waals surface area contributed by atoms with E-state index >= 15 is 0 Å². The zero-order valence-corrected chi connectivity index (χ0v) is 13.4. The number of aromatic amines is 1. The largest absolute Gasteiger partial charge is 0.359 e. The van der Waals surface area contributed by atoms with E-state index in [-0.39, 0.29) is 24.9 Å². The second-order valence-corrected chi connectivity index (χ2v) is 8.01. The van der Waals surface area contributed by atoms with Gasteiger partial charge in [-0.25, -0.2) is 17.7 Å². The molecule has 21 heavy (non-hydrogen) atoms. The van der Waals surface area contributed by atoms with Crippen LogP contribution < -0.4 is 5.32 Å². The van der Waals surface area contributed by atoms with Gasteiger partial charge >= 0.3 is 0 Å². The Morgan fingerprint density at radius 1 is 1.43 bits per heavy atom. The molecular formula is C12H21N5O3S. The van der Waals surface area contributed by atoms with Gasteiger partial charge < -0.3 is 5.32 Å². The van der Waals surface area contributed by atoms with E-state index in [1.807, 2.05) is 0 Å². The maximum absolute atomic E-state index is 12.3. The first-order valence-electron chi connectivity index (χ1n) is 6.86. The lowest BCUT2D eigenvalue weighted by molar-refractivity contribution is -0.124. The average Bonchev–Trinajstić information content (AvgIpc) is 3.03. The fourth-order valence-electron chi connectivity index (χ4n) is 2.51. The number of rotatable bonds is 4. The molecule has 8 nitrogen and oxygen atoms in total. The molecule has 0 unspecified atom stereocenters. The summed E-state index contributed by atoms with van der Waals surface area (Å²) in [6, 6.07) is 0. The van der Waals surface area contributed by atoms with Crippen molar-refractivity contribution >= 4 is 15.9 Å². The maximum atomic E-state index is 12.3.